The normalized spacial score (nSPS) is 12.3. The second-order valence-corrected chi connectivity index (χ2v) is 7.66. The Bertz CT molecular complexity index is 884. The third kappa shape index (κ3) is 5.11. The molecule has 0 saturated carbocycles. The Balaban J connectivity index is 2.18. The fourth-order valence-electron chi connectivity index (χ4n) is 2.35. The molecule has 25 heavy (non-hydrogen) atoms. The van der Waals surface area contributed by atoms with E-state index < -0.39 is 10.0 Å². The van der Waals surface area contributed by atoms with E-state index in [1.807, 2.05) is 31.2 Å². The summed E-state index contributed by atoms with van der Waals surface area (Å²) in [6, 6.07) is 11.4. The predicted molar refractivity (Wildman–Crippen MR) is 98.8 cm³/mol. The lowest BCUT2D eigenvalue weighted by Crippen LogP contribution is -2.27. The summed E-state index contributed by atoms with van der Waals surface area (Å²) in [5, 5.41) is 3.00. The van der Waals surface area contributed by atoms with Crippen molar-refractivity contribution in [3.8, 4) is 5.75 Å². The van der Waals surface area contributed by atoms with Gasteiger partial charge in [-0.2, -0.15) is 0 Å². The molecule has 0 saturated heterocycles. The number of halogens is 1. The van der Waals surface area contributed by atoms with Gasteiger partial charge in [-0.15, -0.1) is 0 Å². The molecule has 8 heteroatoms. The fourth-order valence-corrected chi connectivity index (χ4v) is 3.17. The van der Waals surface area contributed by atoms with Crippen LogP contribution in [0.2, 0.25) is 5.02 Å². The van der Waals surface area contributed by atoms with E-state index in [-0.39, 0.29) is 22.5 Å². The molecule has 2 aromatic carbocycles. The van der Waals surface area contributed by atoms with E-state index in [0.717, 1.165) is 11.8 Å². The summed E-state index contributed by atoms with van der Waals surface area (Å²) in [5.41, 5.74) is 1.38. The van der Waals surface area contributed by atoms with E-state index in [2.05, 4.69) is 10.0 Å². The van der Waals surface area contributed by atoms with Gasteiger partial charge in [-0.3, -0.25) is 9.52 Å². The molecule has 0 fully saturated rings. The van der Waals surface area contributed by atoms with Crippen molar-refractivity contribution in [2.75, 3.05) is 18.1 Å². The van der Waals surface area contributed by atoms with Crippen LogP contribution in [0, 0.1) is 0 Å². The molecule has 0 aliphatic rings. The number of para-hydroxylation sites is 1. The van der Waals surface area contributed by atoms with Crippen molar-refractivity contribution in [1.82, 2.24) is 5.32 Å². The van der Waals surface area contributed by atoms with Gasteiger partial charge in [0.2, 0.25) is 10.0 Å². The topological polar surface area (TPSA) is 84.5 Å². The van der Waals surface area contributed by atoms with Gasteiger partial charge >= 0.3 is 0 Å². The number of nitrogens with one attached hydrogen (secondary N) is 2. The summed E-state index contributed by atoms with van der Waals surface area (Å²) in [4.78, 5) is 12.5. The van der Waals surface area contributed by atoms with Crippen molar-refractivity contribution < 1.29 is 17.9 Å². The molecule has 0 radical (unpaired) electrons. The van der Waals surface area contributed by atoms with Crippen LogP contribution < -0.4 is 14.8 Å². The molecule has 2 N–H and O–H groups in total. The highest BCUT2D eigenvalue weighted by atomic mass is 35.5. The monoisotopic (exact) mass is 382 g/mol. The Morgan fingerprint density at radius 3 is 2.48 bits per heavy atom. The summed E-state index contributed by atoms with van der Waals surface area (Å²) >= 11 is 6.12. The number of carbonyl (C=O) groups excluding carboxylic acids is 1. The molecule has 6 nitrogen and oxygen atoms in total. The van der Waals surface area contributed by atoms with Crippen LogP contribution in [0.5, 0.6) is 5.75 Å². The second-order valence-electron chi connectivity index (χ2n) is 5.51. The molecule has 2 rings (SSSR count). The van der Waals surface area contributed by atoms with Crippen molar-refractivity contribution in [1.29, 1.82) is 0 Å². The van der Waals surface area contributed by atoms with Crippen molar-refractivity contribution in [2.45, 2.75) is 13.0 Å². The van der Waals surface area contributed by atoms with Gasteiger partial charge in [-0.25, -0.2) is 8.42 Å². The van der Waals surface area contributed by atoms with Crippen LogP contribution >= 0.6 is 11.6 Å². The predicted octanol–water partition coefficient (Wildman–Crippen LogP) is 3.21. The molecule has 134 valence electrons. The van der Waals surface area contributed by atoms with Gasteiger partial charge in [-0.05, 0) is 31.2 Å². The third-order valence-corrected chi connectivity index (χ3v) is 4.39. The van der Waals surface area contributed by atoms with Gasteiger partial charge in [0.15, 0.2) is 0 Å². The van der Waals surface area contributed by atoms with Crippen LogP contribution in [-0.4, -0.2) is 27.7 Å². The quantitative estimate of drug-likeness (QED) is 0.803. The highest BCUT2D eigenvalue weighted by molar-refractivity contribution is 7.92. The highest BCUT2D eigenvalue weighted by Gasteiger charge is 2.17. The number of carbonyl (C=O) groups is 1. The van der Waals surface area contributed by atoms with E-state index in [0.29, 0.717) is 11.4 Å². The van der Waals surface area contributed by atoms with Gasteiger partial charge in [-0.1, -0.05) is 29.8 Å². The maximum atomic E-state index is 12.5. The molecule has 1 atom stereocenters. The number of anilines is 1. The van der Waals surface area contributed by atoms with Crippen LogP contribution in [0.25, 0.3) is 0 Å². The van der Waals surface area contributed by atoms with Gasteiger partial charge in [0.1, 0.15) is 5.75 Å². The number of hydrogen-bond donors (Lipinski definition) is 2. The summed E-state index contributed by atoms with van der Waals surface area (Å²) in [5.74, 6) is 0.309. The largest absolute Gasteiger partial charge is 0.496 e. The first-order valence-electron chi connectivity index (χ1n) is 7.42. The first kappa shape index (κ1) is 19.1. The van der Waals surface area contributed by atoms with Crippen molar-refractivity contribution >= 4 is 33.2 Å². The summed E-state index contributed by atoms with van der Waals surface area (Å²) in [6.45, 7) is 1.84. The minimum Gasteiger partial charge on any atom is -0.496 e. The zero-order valence-electron chi connectivity index (χ0n) is 14.0. The molecule has 0 bridgehead atoms. The average Bonchev–Trinajstić information content (AvgIpc) is 2.53. The average molecular weight is 383 g/mol. The Morgan fingerprint density at radius 2 is 1.88 bits per heavy atom. The Labute approximate surface area is 152 Å². The molecule has 0 heterocycles. The maximum Gasteiger partial charge on any atom is 0.253 e. The van der Waals surface area contributed by atoms with Gasteiger partial charge in [0, 0.05) is 11.3 Å². The number of ether oxygens (including phenoxy) is 1. The zero-order chi connectivity index (χ0) is 18.6. The van der Waals surface area contributed by atoms with Crippen LogP contribution in [-0.2, 0) is 10.0 Å². The smallest absolute Gasteiger partial charge is 0.253 e. The van der Waals surface area contributed by atoms with E-state index >= 15 is 0 Å². The lowest BCUT2D eigenvalue weighted by Gasteiger charge is -2.18. The molecule has 1 amide bonds. The lowest BCUT2D eigenvalue weighted by atomic mass is 10.1. The van der Waals surface area contributed by atoms with Crippen LogP contribution in [0.4, 0.5) is 5.69 Å². The highest BCUT2D eigenvalue weighted by Crippen LogP contribution is 2.26. The SMILES string of the molecule is COc1ccccc1[C@H](C)NC(=O)c1ccc(NS(C)(=O)=O)cc1Cl. The van der Waals surface area contributed by atoms with Gasteiger partial charge in [0.05, 0.1) is 30.0 Å². The van der Waals surface area contributed by atoms with Crippen molar-refractivity contribution in [2.24, 2.45) is 0 Å². The van der Waals surface area contributed by atoms with E-state index in [1.165, 1.54) is 18.2 Å². The van der Waals surface area contributed by atoms with E-state index in [1.54, 1.807) is 7.11 Å². The summed E-state index contributed by atoms with van der Waals surface area (Å²) in [6.07, 6.45) is 1.04. The maximum absolute atomic E-state index is 12.5. The molecule has 0 aliphatic heterocycles. The fraction of sp³-hybridized carbons (Fsp3) is 0.235. The summed E-state index contributed by atoms with van der Waals surface area (Å²) in [7, 11) is -1.85. The van der Waals surface area contributed by atoms with Gasteiger partial charge in [0.25, 0.3) is 5.91 Å². The Kier molecular flexibility index (Phi) is 5.92. The summed E-state index contributed by atoms with van der Waals surface area (Å²) < 4.78 is 30.1. The Hall–Kier alpha value is -2.25. The van der Waals surface area contributed by atoms with Crippen LogP contribution in [0.3, 0.4) is 0 Å². The number of rotatable bonds is 6. The van der Waals surface area contributed by atoms with Crippen molar-refractivity contribution in [3.63, 3.8) is 0 Å². The van der Waals surface area contributed by atoms with Crippen molar-refractivity contribution in [3.05, 3.63) is 58.6 Å². The minimum atomic E-state index is -3.41. The minimum absolute atomic E-state index is 0.151. The molecule has 0 spiro atoms. The van der Waals surface area contributed by atoms with E-state index in [4.69, 9.17) is 16.3 Å². The molecular weight excluding hydrogens is 364 g/mol. The molecular formula is C17H19ClN2O4S. The molecule has 0 aromatic heterocycles. The number of hydrogen-bond acceptors (Lipinski definition) is 4. The first-order valence-corrected chi connectivity index (χ1v) is 9.69. The lowest BCUT2D eigenvalue weighted by molar-refractivity contribution is 0.0939. The van der Waals surface area contributed by atoms with Crippen LogP contribution in [0.15, 0.2) is 42.5 Å². The number of benzene rings is 2. The second kappa shape index (κ2) is 7.76. The molecule has 0 unspecified atom stereocenters. The van der Waals surface area contributed by atoms with E-state index in [9.17, 15) is 13.2 Å². The molecule has 0 aliphatic carbocycles. The number of methoxy groups -OCH3 is 1. The first-order chi connectivity index (χ1) is 11.7. The Morgan fingerprint density at radius 1 is 1.20 bits per heavy atom. The standard InChI is InChI=1S/C17H19ClN2O4S/c1-11(13-6-4-5-7-16(13)24-2)19-17(21)14-9-8-12(10-15(14)18)20-25(3,22)23/h4-11,20H,1-3H3,(H,19,21)/t11-/m0/s1. The van der Waals surface area contributed by atoms with Gasteiger partial charge < -0.3 is 10.1 Å². The zero-order valence-corrected chi connectivity index (χ0v) is 15.6. The third-order valence-electron chi connectivity index (χ3n) is 3.47. The van der Waals surface area contributed by atoms with Crippen LogP contribution in [0.1, 0.15) is 28.9 Å². The molecule has 2 aromatic rings. The number of amides is 1. The number of sulfonamides is 1.